The monoisotopic (exact) mass is 681 g/mol. The highest BCUT2D eigenvalue weighted by atomic mass is 14.3. The maximum Gasteiger partial charge on any atom is -0.0106 e. The predicted molar refractivity (Wildman–Crippen MR) is 230 cm³/mol. The average Bonchev–Trinajstić information content (AvgIpc) is 3.58. The van der Waals surface area contributed by atoms with Gasteiger partial charge in [-0.15, -0.1) is 0 Å². The standard InChI is InChI=1S/C11H16.C10H14.C9H18.C8H18.C6H14.C5H12/c1-4-11(2,3)10-8-6-5-7-9-10;1-10(2,3)9-7-5-4-6-8-9;1-9(2,3)8-6-4-5-7-8;1-5-8(4,6-2)7-3;1-5-6(2,3)4;1-5(2,3)4/h5-9H,4H2,1-3H3;4-8H,1-3H3;8H,4-7H2,1-3H3;5-7H2,1-4H3;5H2,1-4H3;1-4H3. The largest absolute Gasteiger partial charge is 0.0649 e. The van der Waals surface area contributed by atoms with Crippen LogP contribution in [0.5, 0.6) is 0 Å². The summed E-state index contributed by atoms with van der Waals surface area (Å²) in [6.45, 7) is 47.4. The van der Waals surface area contributed by atoms with Crippen LogP contribution in [-0.4, -0.2) is 0 Å². The van der Waals surface area contributed by atoms with E-state index < -0.39 is 0 Å². The molecule has 1 aliphatic rings. The van der Waals surface area contributed by atoms with Crippen LogP contribution in [0.2, 0.25) is 0 Å². The van der Waals surface area contributed by atoms with Gasteiger partial charge in [0.2, 0.25) is 0 Å². The molecule has 2 aromatic carbocycles. The molecular weight excluding hydrogens is 589 g/mol. The Morgan fingerprint density at radius 3 is 0.918 bits per heavy atom. The van der Waals surface area contributed by atoms with Crippen LogP contribution < -0.4 is 0 Å². The van der Waals surface area contributed by atoms with E-state index in [0.29, 0.717) is 32.5 Å². The zero-order chi connectivity index (χ0) is 39.2. The molecule has 0 unspecified atom stereocenters. The van der Waals surface area contributed by atoms with E-state index >= 15 is 0 Å². The molecule has 0 aromatic heterocycles. The lowest BCUT2D eigenvalue weighted by Crippen LogP contribution is -2.16. The predicted octanol–water partition coefficient (Wildman–Crippen LogP) is 17.3. The van der Waals surface area contributed by atoms with Gasteiger partial charge in [0, 0.05) is 0 Å². The summed E-state index contributed by atoms with van der Waals surface area (Å²) in [6, 6.07) is 21.2. The molecule has 1 saturated carbocycles. The first kappa shape index (κ1) is 51.8. The normalized spacial score (nSPS) is 13.8. The molecule has 3 rings (SSSR count). The molecular formula is C49H92. The van der Waals surface area contributed by atoms with Crippen molar-refractivity contribution in [2.45, 2.75) is 214 Å². The number of benzene rings is 2. The van der Waals surface area contributed by atoms with Crippen LogP contribution >= 0.6 is 0 Å². The van der Waals surface area contributed by atoms with E-state index in [1.807, 2.05) is 0 Å². The van der Waals surface area contributed by atoms with Crippen molar-refractivity contribution < 1.29 is 0 Å². The van der Waals surface area contributed by atoms with Crippen molar-refractivity contribution in [1.82, 2.24) is 0 Å². The molecule has 0 amide bonds. The van der Waals surface area contributed by atoms with E-state index in [2.05, 4.69) is 206 Å². The fourth-order valence-corrected chi connectivity index (χ4v) is 4.57. The van der Waals surface area contributed by atoms with E-state index in [1.54, 1.807) is 0 Å². The Kier molecular flexibility index (Phi) is 26.0. The molecule has 1 fully saturated rings. The summed E-state index contributed by atoms with van der Waals surface area (Å²) in [5, 5.41) is 0. The fourth-order valence-electron chi connectivity index (χ4n) is 4.57. The Hall–Kier alpha value is -1.56. The van der Waals surface area contributed by atoms with Gasteiger partial charge < -0.3 is 0 Å². The quantitative estimate of drug-likeness (QED) is 0.295. The summed E-state index contributed by atoms with van der Waals surface area (Å²) >= 11 is 0. The lowest BCUT2D eigenvalue weighted by molar-refractivity contribution is 0.246. The molecule has 0 heterocycles. The Labute approximate surface area is 312 Å². The van der Waals surface area contributed by atoms with Gasteiger partial charge in [-0.05, 0) is 68.8 Å². The van der Waals surface area contributed by atoms with Crippen LogP contribution in [0.25, 0.3) is 0 Å². The molecule has 0 aliphatic heterocycles. The maximum atomic E-state index is 2.36. The van der Waals surface area contributed by atoms with Crippen LogP contribution in [0.3, 0.4) is 0 Å². The van der Waals surface area contributed by atoms with Gasteiger partial charge in [0.1, 0.15) is 0 Å². The van der Waals surface area contributed by atoms with Crippen molar-refractivity contribution in [2.24, 2.45) is 27.6 Å². The van der Waals surface area contributed by atoms with Gasteiger partial charge in [0.05, 0.1) is 0 Å². The SMILES string of the molecule is CC(C)(C)C.CC(C)(C)C1CCCC1.CC(C)(C)c1ccccc1.CCC(C)(C)C.CCC(C)(C)c1ccccc1.CCC(C)(CC)CC. The minimum absolute atomic E-state index is 0.293. The second-order valence-electron chi connectivity index (χ2n) is 20.4. The van der Waals surface area contributed by atoms with Gasteiger partial charge in [-0.1, -0.05) is 245 Å². The van der Waals surface area contributed by atoms with Crippen LogP contribution in [0.4, 0.5) is 0 Å². The lowest BCUT2D eigenvalue weighted by atomic mass is 9.80. The number of rotatable bonds is 5. The van der Waals surface area contributed by atoms with Gasteiger partial charge in [-0.3, -0.25) is 0 Å². The molecule has 0 spiro atoms. The molecule has 0 saturated heterocycles. The van der Waals surface area contributed by atoms with Crippen molar-refractivity contribution in [2.75, 3.05) is 0 Å². The first-order chi connectivity index (χ1) is 22.1. The van der Waals surface area contributed by atoms with E-state index in [9.17, 15) is 0 Å². The molecule has 0 heteroatoms. The fraction of sp³-hybridized carbons (Fsp3) is 0.755. The van der Waals surface area contributed by atoms with Crippen molar-refractivity contribution in [1.29, 1.82) is 0 Å². The Morgan fingerprint density at radius 2 is 0.755 bits per heavy atom. The lowest BCUT2D eigenvalue weighted by Gasteiger charge is -2.26. The molecule has 0 atom stereocenters. The van der Waals surface area contributed by atoms with Crippen molar-refractivity contribution >= 4 is 0 Å². The molecule has 288 valence electrons. The molecule has 0 nitrogen and oxygen atoms in total. The average molecular weight is 681 g/mol. The zero-order valence-electron chi connectivity index (χ0n) is 37.7. The smallest absolute Gasteiger partial charge is 0.0106 e. The highest BCUT2D eigenvalue weighted by Crippen LogP contribution is 2.38. The Morgan fingerprint density at radius 1 is 0.449 bits per heavy atom. The van der Waals surface area contributed by atoms with Gasteiger partial charge in [0.25, 0.3) is 0 Å². The van der Waals surface area contributed by atoms with Crippen molar-refractivity contribution in [3.8, 4) is 0 Å². The summed E-state index contributed by atoms with van der Waals surface area (Å²) in [7, 11) is 0. The Balaban J connectivity index is -0.000000528. The molecule has 0 radical (unpaired) electrons. The molecule has 2 aromatic rings. The van der Waals surface area contributed by atoms with Crippen LogP contribution in [0, 0.1) is 27.6 Å². The highest BCUT2D eigenvalue weighted by molar-refractivity contribution is 5.23. The van der Waals surface area contributed by atoms with Crippen LogP contribution in [0.1, 0.15) is 214 Å². The van der Waals surface area contributed by atoms with Crippen LogP contribution in [0.15, 0.2) is 60.7 Å². The van der Waals surface area contributed by atoms with E-state index in [4.69, 9.17) is 0 Å². The topological polar surface area (TPSA) is 0 Å². The first-order valence-electron chi connectivity index (χ1n) is 20.2. The van der Waals surface area contributed by atoms with Crippen molar-refractivity contribution in [3.63, 3.8) is 0 Å². The number of hydrogen-bond acceptors (Lipinski definition) is 0. The summed E-state index contributed by atoms with van der Waals surface area (Å²) in [4.78, 5) is 0. The summed E-state index contributed by atoms with van der Waals surface area (Å²) in [5.74, 6) is 1.01. The van der Waals surface area contributed by atoms with E-state index in [-0.39, 0.29) is 0 Å². The first-order valence-corrected chi connectivity index (χ1v) is 20.2. The number of hydrogen-bond donors (Lipinski definition) is 0. The summed E-state index contributed by atoms with van der Waals surface area (Å²) in [5.41, 5.74) is 5.71. The van der Waals surface area contributed by atoms with Gasteiger partial charge in [-0.2, -0.15) is 0 Å². The highest BCUT2D eigenvalue weighted by Gasteiger charge is 2.26. The molecule has 1 aliphatic carbocycles. The van der Waals surface area contributed by atoms with E-state index in [1.165, 1.54) is 68.9 Å². The Bertz CT molecular complexity index is 972. The third kappa shape index (κ3) is 30.9. The van der Waals surface area contributed by atoms with Crippen molar-refractivity contribution in [3.05, 3.63) is 71.8 Å². The minimum Gasteiger partial charge on any atom is -0.0649 e. The second-order valence-corrected chi connectivity index (χ2v) is 20.4. The summed E-state index contributed by atoms with van der Waals surface area (Å²) < 4.78 is 0. The van der Waals surface area contributed by atoms with Gasteiger partial charge in [-0.25, -0.2) is 0 Å². The maximum absolute atomic E-state index is 2.36. The third-order valence-electron chi connectivity index (χ3n) is 10.3. The molecule has 49 heavy (non-hydrogen) atoms. The van der Waals surface area contributed by atoms with Crippen LogP contribution in [-0.2, 0) is 10.8 Å². The third-order valence-corrected chi connectivity index (χ3v) is 10.3. The second kappa shape index (κ2) is 24.6. The van der Waals surface area contributed by atoms with Gasteiger partial charge >= 0.3 is 0 Å². The molecule has 0 bridgehead atoms. The van der Waals surface area contributed by atoms with E-state index in [0.717, 1.165) is 5.92 Å². The minimum atomic E-state index is 0.293. The van der Waals surface area contributed by atoms with Gasteiger partial charge in [0.15, 0.2) is 0 Å². The zero-order valence-corrected chi connectivity index (χ0v) is 37.7. The molecule has 0 N–H and O–H groups in total. The summed E-state index contributed by atoms with van der Waals surface area (Å²) in [6.07, 6.45) is 12.3.